The first kappa shape index (κ1) is 19.7. The number of sulfonamides is 1. The van der Waals surface area contributed by atoms with Crippen LogP contribution in [0.2, 0.25) is 0 Å². The highest BCUT2D eigenvalue weighted by Crippen LogP contribution is 2.22. The predicted octanol–water partition coefficient (Wildman–Crippen LogP) is 3.26. The van der Waals surface area contributed by atoms with Crippen LogP contribution in [0.5, 0.6) is 5.75 Å². The second-order valence-corrected chi connectivity index (χ2v) is 7.72. The van der Waals surface area contributed by atoms with Gasteiger partial charge in [-0.05, 0) is 48.5 Å². The first-order valence-corrected chi connectivity index (χ1v) is 9.71. The lowest BCUT2D eigenvalue weighted by atomic mass is 10.2. The molecule has 9 heteroatoms. The molecule has 0 fully saturated rings. The maximum Gasteiger partial charge on any atom is 0.243 e. The molecule has 1 aromatic heterocycles. The third kappa shape index (κ3) is 4.26. The fraction of sp³-hybridized carbons (Fsp3) is 0.158. The summed E-state index contributed by atoms with van der Waals surface area (Å²) >= 11 is 0. The molecule has 0 radical (unpaired) electrons. The summed E-state index contributed by atoms with van der Waals surface area (Å²) in [7, 11) is -2.32. The third-order valence-corrected chi connectivity index (χ3v) is 5.74. The van der Waals surface area contributed by atoms with Gasteiger partial charge in [-0.2, -0.15) is 9.29 Å². The second-order valence-electron chi connectivity index (χ2n) is 5.78. The summed E-state index contributed by atoms with van der Waals surface area (Å²) in [5, 5.41) is 3.90. The molecule has 146 valence electrons. The monoisotopic (exact) mass is 403 g/mol. The number of methoxy groups -OCH3 is 1. The molecule has 0 saturated carbocycles. The molecule has 3 rings (SSSR count). The van der Waals surface area contributed by atoms with Crippen LogP contribution in [0.3, 0.4) is 0 Å². The molecular formula is C19H18FN3O4S. The summed E-state index contributed by atoms with van der Waals surface area (Å²) in [4.78, 5) is 4.22. The van der Waals surface area contributed by atoms with Crippen LogP contribution in [-0.4, -0.2) is 36.5 Å². The average Bonchev–Trinajstić information content (AvgIpc) is 3.17. The van der Waals surface area contributed by atoms with Crippen LogP contribution >= 0.6 is 0 Å². The number of aromatic nitrogens is 2. The van der Waals surface area contributed by atoms with Gasteiger partial charge >= 0.3 is 0 Å². The predicted molar refractivity (Wildman–Crippen MR) is 100 cm³/mol. The Bertz CT molecular complexity index is 1050. The zero-order chi connectivity index (χ0) is 20.1. The van der Waals surface area contributed by atoms with Gasteiger partial charge < -0.3 is 9.26 Å². The lowest BCUT2D eigenvalue weighted by Crippen LogP contribution is -2.31. The van der Waals surface area contributed by atoms with E-state index in [2.05, 4.69) is 16.7 Å². The van der Waals surface area contributed by atoms with Crippen molar-refractivity contribution < 1.29 is 22.1 Å². The van der Waals surface area contributed by atoms with Gasteiger partial charge in [0.05, 0.1) is 18.6 Å². The van der Waals surface area contributed by atoms with E-state index < -0.39 is 15.8 Å². The molecule has 1 heterocycles. The minimum absolute atomic E-state index is 0.0277. The van der Waals surface area contributed by atoms with E-state index in [4.69, 9.17) is 9.26 Å². The van der Waals surface area contributed by atoms with Gasteiger partial charge in [-0.1, -0.05) is 11.2 Å². The van der Waals surface area contributed by atoms with Crippen molar-refractivity contribution >= 4 is 10.0 Å². The maximum absolute atomic E-state index is 13.1. The van der Waals surface area contributed by atoms with E-state index in [1.165, 1.54) is 18.2 Å². The van der Waals surface area contributed by atoms with Crippen molar-refractivity contribution in [1.82, 2.24) is 14.4 Å². The molecule has 28 heavy (non-hydrogen) atoms. The first-order valence-electron chi connectivity index (χ1n) is 8.27. The highest BCUT2D eigenvalue weighted by atomic mass is 32.2. The largest absolute Gasteiger partial charge is 0.497 e. The topological polar surface area (TPSA) is 85.5 Å². The smallest absolute Gasteiger partial charge is 0.243 e. The van der Waals surface area contributed by atoms with E-state index in [9.17, 15) is 12.8 Å². The Kier molecular flexibility index (Phi) is 5.86. The molecule has 0 aliphatic rings. The Morgan fingerprint density at radius 1 is 1.18 bits per heavy atom. The van der Waals surface area contributed by atoms with Crippen LogP contribution in [0.1, 0.15) is 5.89 Å². The molecule has 0 atom stereocenters. The highest BCUT2D eigenvalue weighted by molar-refractivity contribution is 7.89. The minimum atomic E-state index is -3.89. The Morgan fingerprint density at radius 3 is 2.46 bits per heavy atom. The molecular weight excluding hydrogens is 385 g/mol. The van der Waals surface area contributed by atoms with Crippen molar-refractivity contribution in [3.8, 4) is 17.1 Å². The summed E-state index contributed by atoms with van der Waals surface area (Å²) in [6.07, 6.45) is 1.45. The summed E-state index contributed by atoms with van der Waals surface area (Å²) in [6.45, 7) is 3.47. The van der Waals surface area contributed by atoms with Gasteiger partial charge in [0.15, 0.2) is 0 Å². The van der Waals surface area contributed by atoms with E-state index in [1.807, 2.05) is 0 Å². The molecule has 3 aromatic rings. The van der Waals surface area contributed by atoms with E-state index in [0.29, 0.717) is 17.1 Å². The fourth-order valence-electron chi connectivity index (χ4n) is 2.47. The van der Waals surface area contributed by atoms with Gasteiger partial charge in [0.2, 0.25) is 21.7 Å². The van der Waals surface area contributed by atoms with Crippen LogP contribution in [0.15, 0.2) is 70.6 Å². The van der Waals surface area contributed by atoms with Gasteiger partial charge in [-0.25, -0.2) is 12.8 Å². The normalized spacial score (nSPS) is 11.5. The lowest BCUT2D eigenvalue weighted by Gasteiger charge is -2.18. The van der Waals surface area contributed by atoms with Gasteiger partial charge in [0, 0.05) is 12.1 Å². The molecule has 7 nitrogen and oxygen atoms in total. The molecule has 0 bridgehead atoms. The van der Waals surface area contributed by atoms with Crippen LogP contribution in [0.4, 0.5) is 4.39 Å². The summed E-state index contributed by atoms with van der Waals surface area (Å²) in [5.74, 6) is 0.624. The quantitative estimate of drug-likeness (QED) is 0.537. The van der Waals surface area contributed by atoms with Crippen molar-refractivity contribution in [3.05, 3.63) is 72.9 Å². The van der Waals surface area contributed by atoms with Crippen molar-refractivity contribution in [2.75, 3.05) is 13.7 Å². The van der Waals surface area contributed by atoms with Crippen molar-refractivity contribution in [2.24, 2.45) is 0 Å². The van der Waals surface area contributed by atoms with Crippen LogP contribution in [0, 0.1) is 5.82 Å². The number of rotatable bonds is 8. The molecule has 0 aliphatic carbocycles. The Hall–Kier alpha value is -3.04. The Morgan fingerprint density at radius 2 is 1.86 bits per heavy atom. The number of ether oxygens (including phenoxy) is 1. The maximum atomic E-state index is 13.1. The van der Waals surface area contributed by atoms with E-state index >= 15 is 0 Å². The molecule has 0 N–H and O–H groups in total. The average molecular weight is 403 g/mol. The molecule has 0 saturated heterocycles. The molecule has 0 amide bonds. The fourth-order valence-corrected chi connectivity index (χ4v) is 3.83. The second kappa shape index (κ2) is 8.32. The minimum Gasteiger partial charge on any atom is -0.497 e. The summed E-state index contributed by atoms with van der Waals surface area (Å²) < 4.78 is 50.2. The third-order valence-electron chi connectivity index (χ3n) is 3.91. The van der Waals surface area contributed by atoms with Crippen molar-refractivity contribution in [1.29, 1.82) is 0 Å². The zero-order valence-electron chi connectivity index (χ0n) is 15.1. The number of benzene rings is 2. The highest BCUT2D eigenvalue weighted by Gasteiger charge is 2.26. The first-order chi connectivity index (χ1) is 13.4. The molecule has 0 aliphatic heterocycles. The van der Waals surface area contributed by atoms with Crippen LogP contribution in [0.25, 0.3) is 11.4 Å². The molecule has 0 spiro atoms. The lowest BCUT2D eigenvalue weighted by molar-refractivity contribution is 0.327. The number of hydrogen-bond donors (Lipinski definition) is 0. The van der Waals surface area contributed by atoms with Crippen LogP contribution < -0.4 is 4.74 Å². The molecule has 2 aromatic carbocycles. The number of nitrogens with zero attached hydrogens (tertiary/aromatic N) is 3. The summed E-state index contributed by atoms with van der Waals surface area (Å²) in [6, 6.07) is 11.6. The van der Waals surface area contributed by atoms with E-state index in [1.54, 1.807) is 31.4 Å². The van der Waals surface area contributed by atoms with Gasteiger partial charge in [-0.15, -0.1) is 6.58 Å². The summed E-state index contributed by atoms with van der Waals surface area (Å²) in [5.41, 5.74) is 0.701. The molecule has 0 unspecified atom stereocenters. The number of halogens is 1. The Balaban J connectivity index is 1.83. The van der Waals surface area contributed by atoms with Gasteiger partial charge in [0.1, 0.15) is 11.6 Å². The van der Waals surface area contributed by atoms with Gasteiger partial charge in [0.25, 0.3) is 0 Å². The van der Waals surface area contributed by atoms with E-state index in [0.717, 1.165) is 16.4 Å². The van der Waals surface area contributed by atoms with Crippen molar-refractivity contribution in [3.63, 3.8) is 0 Å². The number of hydrogen-bond acceptors (Lipinski definition) is 6. The van der Waals surface area contributed by atoms with Crippen LogP contribution in [-0.2, 0) is 16.6 Å². The zero-order valence-corrected chi connectivity index (χ0v) is 15.9. The SMILES string of the molecule is C=CCN(Cc1nc(-c2ccc(OC)cc2)no1)S(=O)(=O)c1ccc(F)cc1. The Labute approximate surface area is 162 Å². The van der Waals surface area contributed by atoms with Gasteiger partial charge in [-0.3, -0.25) is 0 Å². The standard InChI is InChI=1S/C19H18FN3O4S/c1-3-12-23(28(24,25)17-10-6-15(20)7-11-17)13-18-21-19(22-27-18)14-4-8-16(26-2)9-5-14/h3-11H,1,12-13H2,2H3. The van der Waals surface area contributed by atoms with Crippen molar-refractivity contribution in [2.45, 2.75) is 11.4 Å². The van der Waals surface area contributed by atoms with E-state index in [-0.39, 0.29) is 23.9 Å².